The van der Waals surface area contributed by atoms with Crippen molar-refractivity contribution in [3.63, 3.8) is 0 Å². The number of anilines is 1. The normalized spacial score (nSPS) is 12.5. The van der Waals surface area contributed by atoms with Crippen molar-refractivity contribution < 1.29 is 35.9 Å². The van der Waals surface area contributed by atoms with Crippen LogP contribution in [0.25, 0.3) is 0 Å². The highest BCUT2D eigenvalue weighted by molar-refractivity contribution is 7.92. The monoisotopic (exact) mass is 464 g/mol. The van der Waals surface area contributed by atoms with Crippen molar-refractivity contribution in [2.75, 3.05) is 11.5 Å². The first kappa shape index (κ1) is 21.5. The molecule has 3 aromatic carbocycles. The summed E-state index contributed by atoms with van der Waals surface area (Å²) < 4.78 is 78.3. The molecule has 1 aliphatic heterocycles. The van der Waals surface area contributed by atoms with Gasteiger partial charge in [-0.1, -0.05) is 18.2 Å². The number of hydrogen-bond acceptors (Lipinski definition) is 5. The highest BCUT2D eigenvalue weighted by Gasteiger charge is 2.25. The SMILES string of the molecule is O=C(NCc1ccc2c(c1)OCO2)c1ccccc1NS(=O)(=O)c1ccc(F)c(F)c1F. The molecular weight excluding hydrogens is 449 g/mol. The van der Waals surface area contributed by atoms with E-state index < -0.39 is 38.3 Å². The van der Waals surface area contributed by atoms with Crippen LogP contribution in [0.15, 0.2) is 59.5 Å². The van der Waals surface area contributed by atoms with Gasteiger partial charge in [0, 0.05) is 6.54 Å². The van der Waals surface area contributed by atoms with Gasteiger partial charge in [-0.15, -0.1) is 0 Å². The molecule has 4 rings (SSSR count). The second-order valence-corrected chi connectivity index (χ2v) is 8.35. The fourth-order valence-corrected chi connectivity index (χ4v) is 4.16. The molecule has 0 aromatic heterocycles. The summed E-state index contributed by atoms with van der Waals surface area (Å²) in [6.07, 6.45) is 0. The Morgan fingerprint density at radius 3 is 2.50 bits per heavy atom. The summed E-state index contributed by atoms with van der Waals surface area (Å²) in [5, 5.41) is 2.65. The van der Waals surface area contributed by atoms with E-state index in [2.05, 4.69) is 5.32 Å². The molecule has 0 atom stereocenters. The van der Waals surface area contributed by atoms with Crippen molar-refractivity contribution in [1.82, 2.24) is 5.32 Å². The molecule has 1 heterocycles. The van der Waals surface area contributed by atoms with Crippen molar-refractivity contribution in [1.29, 1.82) is 0 Å². The number of hydrogen-bond donors (Lipinski definition) is 2. The summed E-state index contributed by atoms with van der Waals surface area (Å²) in [6, 6.07) is 11.8. The first-order valence-corrected chi connectivity index (χ1v) is 10.7. The summed E-state index contributed by atoms with van der Waals surface area (Å²) in [6.45, 7) is 0.214. The Morgan fingerprint density at radius 2 is 1.69 bits per heavy atom. The highest BCUT2D eigenvalue weighted by Crippen LogP contribution is 2.32. The van der Waals surface area contributed by atoms with E-state index in [0.29, 0.717) is 29.2 Å². The smallest absolute Gasteiger partial charge is 0.264 e. The molecule has 7 nitrogen and oxygen atoms in total. The van der Waals surface area contributed by atoms with Crippen LogP contribution in [0.1, 0.15) is 15.9 Å². The summed E-state index contributed by atoms with van der Waals surface area (Å²) >= 11 is 0. The van der Waals surface area contributed by atoms with Crippen LogP contribution in [-0.4, -0.2) is 21.1 Å². The minimum absolute atomic E-state index is 0.0557. The number of amides is 1. The first-order chi connectivity index (χ1) is 15.3. The highest BCUT2D eigenvalue weighted by atomic mass is 32.2. The van der Waals surface area contributed by atoms with Gasteiger partial charge < -0.3 is 14.8 Å². The second kappa shape index (κ2) is 8.42. The maximum absolute atomic E-state index is 14.0. The van der Waals surface area contributed by atoms with Gasteiger partial charge in [-0.3, -0.25) is 9.52 Å². The second-order valence-electron chi connectivity index (χ2n) is 6.69. The van der Waals surface area contributed by atoms with E-state index >= 15 is 0 Å². The van der Waals surface area contributed by atoms with E-state index in [0.717, 1.165) is 0 Å². The van der Waals surface area contributed by atoms with Gasteiger partial charge in [0.1, 0.15) is 4.90 Å². The topological polar surface area (TPSA) is 93.7 Å². The molecule has 0 spiro atoms. The van der Waals surface area contributed by atoms with Gasteiger partial charge in [0.2, 0.25) is 6.79 Å². The zero-order valence-electron chi connectivity index (χ0n) is 16.2. The van der Waals surface area contributed by atoms with Gasteiger partial charge in [-0.2, -0.15) is 0 Å². The standard InChI is InChI=1S/C21H15F3N2O5S/c22-14-6-8-18(20(24)19(14)23)32(28,29)26-15-4-2-1-3-13(15)21(27)25-10-12-5-7-16-17(9-12)31-11-30-16/h1-9,26H,10-11H2,(H,25,27). The number of rotatable bonds is 6. The Hall–Kier alpha value is -3.73. The number of benzene rings is 3. The molecule has 0 unspecified atom stereocenters. The Morgan fingerprint density at radius 1 is 0.938 bits per heavy atom. The van der Waals surface area contributed by atoms with E-state index in [1.165, 1.54) is 24.3 Å². The third-order valence-electron chi connectivity index (χ3n) is 4.60. The molecule has 0 aliphatic carbocycles. The number of halogens is 3. The van der Waals surface area contributed by atoms with E-state index in [1.807, 2.05) is 4.72 Å². The van der Waals surface area contributed by atoms with Gasteiger partial charge in [-0.05, 0) is 42.0 Å². The molecule has 0 saturated heterocycles. The van der Waals surface area contributed by atoms with E-state index in [1.54, 1.807) is 18.2 Å². The number of ether oxygens (including phenoxy) is 2. The molecule has 1 aliphatic rings. The van der Waals surface area contributed by atoms with Crippen molar-refractivity contribution in [3.05, 3.63) is 83.2 Å². The lowest BCUT2D eigenvalue weighted by atomic mass is 10.1. The Labute approximate surface area is 180 Å². The Kier molecular flexibility index (Phi) is 5.66. The van der Waals surface area contributed by atoms with Gasteiger partial charge in [0.05, 0.1) is 11.3 Å². The predicted molar refractivity (Wildman–Crippen MR) is 107 cm³/mol. The molecule has 3 aromatic rings. The number of fused-ring (bicyclic) bond motifs is 1. The van der Waals surface area contributed by atoms with Crippen molar-refractivity contribution in [2.24, 2.45) is 0 Å². The van der Waals surface area contributed by atoms with E-state index in [4.69, 9.17) is 9.47 Å². The minimum atomic E-state index is -4.66. The van der Waals surface area contributed by atoms with Gasteiger partial charge in [0.25, 0.3) is 15.9 Å². The number of carbonyl (C=O) groups excluding carboxylic acids is 1. The zero-order valence-corrected chi connectivity index (χ0v) is 17.0. The van der Waals surface area contributed by atoms with Crippen LogP contribution < -0.4 is 19.5 Å². The number of nitrogens with one attached hydrogen (secondary N) is 2. The first-order valence-electron chi connectivity index (χ1n) is 9.18. The van der Waals surface area contributed by atoms with Crippen molar-refractivity contribution in [3.8, 4) is 11.5 Å². The van der Waals surface area contributed by atoms with E-state index in [-0.39, 0.29) is 24.6 Å². The molecule has 0 saturated carbocycles. The third-order valence-corrected chi connectivity index (χ3v) is 5.98. The number of sulfonamides is 1. The molecule has 0 radical (unpaired) electrons. The van der Waals surface area contributed by atoms with Crippen LogP contribution in [0, 0.1) is 17.5 Å². The Balaban J connectivity index is 1.53. The van der Waals surface area contributed by atoms with Crippen LogP contribution in [0.2, 0.25) is 0 Å². The minimum Gasteiger partial charge on any atom is -0.454 e. The lowest BCUT2D eigenvalue weighted by Gasteiger charge is -2.13. The molecule has 0 fully saturated rings. The zero-order chi connectivity index (χ0) is 22.9. The average molecular weight is 464 g/mol. The largest absolute Gasteiger partial charge is 0.454 e. The summed E-state index contributed by atoms with van der Waals surface area (Å²) in [5.74, 6) is -4.79. The fourth-order valence-electron chi connectivity index (χ4n) is 3.01. The third kappa shape index (κ3) is 4.19. The number of carbonyl (C=O) groups is 1. The maximum atomic E-state index is 14.0. The molecule has 2 N–H and O–H groups in total. The lowest BCUT2D eigenvalue weighted by molar-refractivity contribution is 0.0951. The predicted octanol–water partition coefficient (Wildman–Crippen LogP) is 3.56. The summed E-state index contributed by atoms with van der Waals surface area (Å²) in [5.41, 5.74) is 0.490. The van der Waals surface area contributed by atoms with Crippen LogP contribution >= 0.6 is 0 Å². The van der Waals surface area contributed by atoms with E-state index in [9.17, 15) is 26.4 Å². The molecule has 1 amide bonds. The molecule has 166 valence electrons. The lowest BCUT2D eigenvalue weighted by Crippen LogP contribution is -2.25. The van der Waals surface area contributed by atoms with Gasteiger partial charge in [-0.25, -0.2) is 21.6 Å². The molecular formula is C21H15F3N2O5S. The van der Waals surface area contributed by atoms with Gasteiger partial charge in [0.15, 0.2) is 29.0 Å². The average Bonchev–Trinajstić information content (AvgIpc) is 3.23. The van der Waals surface area contributed by atoms with Crippen molar-refractivity contribution in [2.45, 2.75) is 11.4 Å². The fraction of sp³-hybridized carbons (Fsp3) is 0.0952. The van der Waals surface area contributed by atoms with Crippen LogP contribution in [0.5, 0.6) is 11.5 Å². The van der Waals surface area contributed by atoms with Crippen molar-refractivity contribution >= 4 is 21.6 Å². The Bertz CT molecular complexity index is 1310. The van der Waals surface area contributed by atoms with Gasteiger partial charge >= 0.3 is 0 Å². The molecule has 32 heavy (non-hydrogen) atoms. The summed E-state index contributed by atoms with van der Waals surface area (Å²) in [7, 11) is -4.66. The quantitative estimate of drug-likeness (QED) is 0.544. The number of para-hydroxylation sites is 1. The summed E-state index contributed by atoms with van der Waals surface area (Å²) in [4.78, 5) is 11.6. The van der Waals surface area contributed by atoms with Crippen LogP contribution in [0.4, 0.5) is 18.9 Å². The van der Waals surface area contributed by atoms with Crippen LogP contribution in [0.3, 0.4) is 0 Å². The molecule has 0 bridgehead atoms. The maximum Gasteiger partial charge on any atom is 0.264 e. The molecule has 11 heteroatoms. The van der Waals surface area contributed by atoms with Crippen LogP contribution in [-0.2, 0) is 16.6 Å².